The van der Waals surface area contributed by atoms with Crippen LogP contribution in [-0.2, 0) is 4.74 Å². The molecule has 5 rings (SSSR count). The number of furan rings is 1. The van der Waals surface area contributed by atoms with Gasteiger partial charge in [0.2, 0.25) is 0 Å². The Hall–Kier alpha value is -3.62. The van der Waals surface area contributed by atoms with Crippen LogP contribution >= 0.6 is 0 Å². The second kappa shape index (κ2) is 7.42. The van der Waals surface area contributed by atoms with Crippen LogP contribution < -0.4 is 0 Å². The summed E-state index contributed by atoms with van der Waals surface area (Å²) >= 11 is 0. The molecule has 5 nitrogen and oxygen atoms in total. The molecule has 2 aromatic heterocycles. The van der Waals surface area contributed by atoms with Gasteiger partial charge in [-0.3, -0.25) is 0 Å². The van der Waals surface area contributed by atoms with Crippen molar-refractivity contribution in [3.05, 3.63) is 78.6 Å². The first-order valence-corrected chi connectivity index (χ1v) is 9.65. The minimum atomic E-state index is 0.231. The van der Waals surface area contributed by atoms with Crippen LogP contribution in [0.5, 0.6) is 0 Å². The monoisotopic (exact) mass is 381 g/mol. The minimum absolute atomic E-state index is 0.231. The standard InChI is InChI=1S/C24H19N3O2/c25-14-18-8-4-5-9-20(18)21-10-11-22(29-21)24-23(17-6-2-1-3-7-17)26-16-27(24)19-12-13-28-15-19/h1-11,16,19H,12-13,15H2. The molecule has 0 spiro atoms. The predicted molar refractivity (Wildman–Crippen MR) is 110 cm³/mol. The molecule has 2 aromatic carbocycles. The van der Waals surface area contributed by atoms with E-state index in [0.717, 1.165) is 41.3 Å². The number of hydrogen-bond acceptors (Lipinski definition) is 4. The van der Waals surface area contributed by atoms with Gasteiger partial charge in [0, 0.05) is 17.7 Å². The number of rotatable bonds is 4. The average Bonchev–Trinajstić information content (AvgIpc) is 3.54. The van der Waals surface area contributed by atoms with Crippen molar-refractivity contribution in [2.75, 3.05) is 13.2 Å². The van der Waals surface area contributed by atoms with Crippen molar-refractivity contribution in [1.82, 2.24) is 9.55 Å². The van der Waals surface area contributed by atoms with Crippen LogP contribution in [-0.4, -0.2) is 22.8 Å². The summed E-state index contributed by atoms with van der Waals surface area (Å²) in [6.07, 6.45) is 2.82. The van der Waals surface area contributed by atoms with E-state index in [9.17, 15) is 5.26 Å². The fraction of sp³-hybridized carbons (Fsp3) is 0.167. The van der Waals surface area contributed by atoms with Gasteiger partial charge in [0.05, 0.1) is 36.3 Å². The van der Waals surface area contributed by atoms with Gasteiger partial charge in [-0.25, -0.2) is 4.98 Å². The highest BCUT2D eigenvalue weighted by Gasteiger charge is 2.25. The third-order valence-corrected chi connectivity index (χ3v) is 5.29. The maximum absolute atomic E-state index is 9.43. The Bertz CT molecular complexity index is 1180. The highest BCUT2D eigenvalue weighted by molar-refractivity contribution is 5.78. The lowest BCUT2D eigenvalue weighted by molar-refractivity contribution is 0.186. The Balaban J connectivity index is 1.65. The molecule has 4 aromatic rings. The second-order valence-corrected chi connectivity index (χ2v) is 7.05. The summed E-state index contributed by atoms with van der Waals surface area (Å²) < 4.78 is 14.0. The summed E-state index contributed by atoms with van der Waals surface area (Å²) in [6, 6.07) is 23.9. The van der Waals surface area contributed by atoms with E-state index in [1.165, 1.54) is 0 Å². The van der Waals surface area contributed by atoms with E-state index >= 15 is 0 Å². The van der Waals surface area contributed by atoms with Crippen LogP contribution in [0.25, 0.3) is 34.0 Å². The first-order valence-electron chi connectivity index (χ1n) is 9.65. The largest absolute Gasteiger partial charge is 0.454 e. The van der Waals surface area contributed by atoms with Crippen molar-refractivity contribution in [1.29, 1.82) is 5.26 Å². The van der Waals surface area contributed by atoms with Gasteiger partial charge in [0.1, 0.15) is 11.5 Å². The molecule has 1 atom stereocenters. The molecular formula is C24H19N3O2. The molecule has 1 aliphatic rings. The van der Waals surface area contributed by atoms with Crippen LogP contribution in [0.4, 0.5) is 0 Å². The number of ether oxygens (including phenoxy) is 1. The van der Waals surface area contributed by atoms with Crippen molar-refractivity contribution >= 4 is 0 Å². The molecule has 0 saturated carbocycles. The van der Waals surface area contributed by atoms with Crippen molar-refractivity contribution in [2.45, 2.75) is 12.5 Å². The summed E-state index contributed by atoms with van der Waals surface area (Å²) in [7, 11) is 0. The van der Waals surface area contributed by atoms with Crippen LogP contribution in [0.2, 0.25) is 0 Å². The zero-order chi connectivity index (χ0) is 19.6. The van der Waals surface area contributed by atoms with Gasteiger partial charge in [-0.1, -0.05) is 42.5 Å². The van der Waals surface area contributed by atoms with E-state index in [4.69, 9.17) is 14.1 Å². The molecule has 0 radical (unpaired) electrons. The van der Waals surface area contributed by atoms with E-state index < -0.39 is 0 Å². The molecular weight excluding hydrogens is 362 g/mol. The lowest BCUT2D eigenvalue weighted by Crippen LogP contribution is -2.08. The second-order valence-electron chi connectivity index (χ2n) is 7.05. The highest BCUT2D eigenvalue weighted by atomic mass is 16.5. The van der Waals surface area contributed by atoms with E-state index in [2.05, 4.69) is 22.8 Å². The molecule has 0 amide bonds. The summed E-state index contributed by atoms with van der Waals surface area (Å²) in [5.74, 6) is 1.41. The normalized spacial score (nSPS) is 16.0. The third kappa shape index (κ3) is 3.14. The summed E-state index contributed by atoms with van der Waals surface area (Å²) in [5.41, 5.74) is 4.24. The number of nitriles is 1. The summed E-state index contributed by atoms with van der Waals surface area (Å²) in [6.45, 7) is 1.42. The molecule has 0 N–H and O–H groups in total. The van der Waals surface area contributed by atoms with Crippen molar-refractivity contribution in [3.8, 4) is 40.1 Å². The molecule has 142 valence electrons. The van der Waals surface area contributed by atoms with Crippen LogP contribution in [0.15, 0.2) is 77.5 Å². The fourth-order valence-electron chi connectivity index (χ4n) is 3.84. The molecule has 29 heavy (non-hydrogen) atoms. The van der Waals surface area contributed by atoms with Crippen LogP contribution in [0, 0.1) is 11.3 Å². The highest BCUT2D eigenvalue weighted by Crippen LogP contribution is 2.38. The number of benzene rings is 2. The molecule has 1 aliphatic heterocycles. The summed E-state index contributed by atoms with van der Waals surface area (Å²) in [5, 5.41) is 9.43. The summed E-state index contributed by atoms with van der Waals surface area (Å²) in [4.78, 5) is 4.72. The zero-order valence-electron chi connectivity index (χ0n) is 15.8. The molecule has 0 bridgehead atoms. The Morgan fingerprint density at radius 3 is 2.55 bits per heavy atom. The smallest absolute Gasteiger partial charge is 0.153 e. The van der Waals surface area contributed by atoms with Crippen LogP contribution in [0.1, 0.15) is 18.0 Å². The number of imidazole rings is 1. The lowest BCUT2D eigenvalue weighted by atomic mass is 10.1. The number of hydrogen-bond donors (Lipinski definition) is 0. The van der Waals surface area contributed by atoms with Gasteiger partial charge in [0.25, 0.3) is 0 Å². The van der Waals surface area contributed by atoms with Crippen molar-refractivity contribution in [3.63, 3.8) is 0 Å². The zero-order valence-corrected chi connectivity index (χ0v) is 15.8. The average molecular weight is 381 g/mol. The fourth-order valence-corrected chi connectivity index (χ4v) is 3.84. The maximum atomic E-state index is 9.43. The Morgan fingerprint density at radius 1 is 0.966 bits per heavy atom. The number of nitrogens with zero attached hydrogens (tertiary/aromatic N) is 3. The van der Waals surface area contributed by atoms with Gasteiger partial charge in [-0.05, 0) is 30.7 Å². The molecule has 3 heterocycles. The Labute approximate surface area is 168 Å². The molecule has 0 aliphatic carbocycles. The van der Waals surface area contributed by atoms with Gasteiger partial charge in [0.15, 0.2) is 5.76 Å². The van der Waals surface area contributed by atoms with Gasteiger partial charge < -0.3 is 13.7 Å². The third-order valence-electron chi connectivity index (χ3n) is 5.29. The quantitative estimate of drug-likeness (QED) is 0.480. The maximum Gasteiger partial charge on any atom is 0.153 e. The van der Waals surface area contributed by atoms with Crippen LogP contribution in [0.3, 0.4) is 0 Å². The first kappa shape index (κ1) is 17.5. The van der Waals surface area contributed by atoms with Gasteiger partial charge in [-0.15, -0.1) is 0 Å². The minimum Gasteiger partial charge on any atom is -0.454 e. The lowest BCUT2D eigenvalue weighted by Gasteiger charge is -2.14. The van der Waals surface area contributed by atoms with E-state index in [1.54, 1.807) is 6.07 Å². The van der Waals surface area contributed by atoms with Crippen molar-refractivity contribution in [2.24, 2.45) is 0 Å². The molecule has 1 unspecified atom stereocenters. The van der Waals surface area contributed by atoms with Crippen molar-refractivity contribution < 1.29 is 9.15 Å². The van der Waals surface area contributed by atoms with Gasteiger partial charge in [-0.2, -0.15) is 5.26 Å². The van der Waals surface area contributed by atoms with E-state index in [-0.39, 0.29) is 6.04 Å². The topological polar surface area (TPSA) is 64.0 Å². The predicted octanol–water partition coefficient (Wildman–Crippen LogP) is 5.31. The molecule has 1 fully saturated rings. The number of aromatic nitrogens is 2. The molecule has 1 saturated heterocycles. The SMILES string of the molecule is N#Cc1ccccc1-c1ccc(-c2c(-c3ccccc3)ncn2C2CCOC2)o1. The molecule has 5 heteroatoms. The first-order chi connectivity index (χ1) is 14.3. The van der Waals surface area contributed by atoms with Gasteiger partial charge >= 0.3 is 0 Å². The van der Waals surface area contributed by atoms with E-state index in [0.29, 0.717) is 17.9 Å². The Kier molecular flexibility index (Phi) is 4.47. The Morgan fingerprint density at radius 2 is 1.76 bits per heavy atom. The van der Waals surface area contributed by atoms with E-state index in [1.807, 2.05) is 54.9 Å².